The number of amides is 1. The van der Waals surface area contributed by atoms with Crippen molar-refractivity contribution in [3.05, 3.63) is 48.3 Å². The standard InChI is InChI=1S/C24H32N4O/c1-18-11-13-28(14-12-18)23-9-7-21(8-10-23)26-22-15-19(16-25-17-22)24(29)27-20-5-3-2-4-6-20/h7-10,15-18,20,26H,2-6,11-14H2,1H3,(H,27,29). The average Bonchev–Trinajstić information content (AvgIpc) is 2.76. The van der Waals surface area contributed by atoms with Crippen LogP contribution in [0.5, 0.6) is 0 Å². The molecule has 2 aliphatic rings. The van der Waals surface area contributed by atoms with Crippen molar-refractivity contribution < 1.29 is 4.79 Å². The summed E-state index contributed by atoms with van der Waals surface area (Å²) in [5.74, 6) is 0.810. The fourth-order valence-electron chi connectivity index (χ4n) is 4.34. The summed E-state index contributed by atoms with van der Waals surface area (Å²) < 4.78 is 0. The summed E-state index contributed by atoms with van der Waals surface area (Å²) in [6.45, 7) is 4.61. The van der Waals surface area contributed by atoms with Crippen LogP contribution in [0.25, 0.3) is 0 Å². The van der Waals surface area contributed by atoms with Gasteiger partial charge in [-0.1, -0.05) is 26.2 Å². The van der Waals surface area contributed by atoms with Crippen LogP contribution in [0.2, 0.25) is 0 Å². The molecule has 154 valence electrons. The second-order valence-corrected chi connectivity index (χ2v) is 8.61. The van der Waals surface area contributed by atoms with E-state index in [1.54, 1.807) is 12.4 Å². The number of rotatable bonds is 5. The molecule has 2 fully saturated rings. The van der Waals surface area contributed by atoms with Gasteiger partial charge in [0.1, 0.15) is 0 Å². The van der Waals surface area contributed by atoms with Gasteiger partial charge >= 0.3 is 0 Å². The molecule has 5 heteroatoms. The molecule has 1 aliphatic heterocycles. The lowest BCUT2D eigenvalue weighted by atomic mass is 9.95. The summed E-state index contributed by atoms with van der Waals surface area (Å²) in [5.41, 5.74) is 3.73. The highest BCUT2D eigenvalue weighted by molar-refractivity contribution is 5.95. The van der Waals surface area contributed by atoms with Crippen LogP contribution in [0.1, 0.15) is 62.2 Å². The maximum absolute atomic E-state index is 12.6. The Morgan fingerprint density at radius 1 is 0.966 bits per heavy atom. The zero-order chi connectivity index (χ0) is 20.1. The van der Waals surface area contributed by atoms with E-state index in [-0.39, 0.29) is 5.91 Å². The summed E-state index contributed by atoms with van der Waals surface area (Å²) >= 11 is 0. The number of hydrogen-bond donors (Lipinski definition) is 2. The molecular formula is C24H32N4O. The summed E-state index contributed by atoms with van der Waals surface area (Å²) in [5, 5.41) is 6.54. The topological polar surface area (TPSA) is 57.3 Å². The van der Waals surface area contributed by atoms with Crippen LogP contribution in [0.4, 0.5) is 17.1 Å². The first-order chi connectivity index (χ1) is 14.2. The molecule has 1 aromatic heterocycles. The molecule has 2 N–H and O–H groups in total. The minimum Gasteiger partial charge on any atom is -0.372 e. The molecule has 2 heterocycles. The fourth-order valence-corrected chi connectivity index (χ4v) is 4.34. The van der Waals surface area contributed by atoms with Gasteiger partial charge < -0.3 is 15.5 Å². The lowest BCUT2D eigenvalue weighted by Crippen LogP contribution is -2.36. The Labute approximate surface area is 173 Å². The van der Waals surface area contributed by atoms with Crippen molar-refractivity contribution in [1.82, 2.24) is 10.3 Å². The third kappa shape index (κ3) is 5.28. The van der Waals surface area contributed by atoms with Crippen LogP contribution in [-0.4, -0.2) is 30.0 Å². The zero-order valence-corrected chi connectivity index (χ0v) is 17.4. The van der Waals surface area contributed by atoms with Crippen molar-refractivity contribution in [3.8, 4) is 0 Å². The maximum Gasteiger partial charge on any atom is 0.253 e. The lowest BCUT2D eigenvalue weighted by molar-refractivity contribution is 0.0927. The number of nitrogens with one attached hydrogen (secondary N) is 2. The average molecular weight is 393 g/mol. The van der Waals surface area contributed by atoms with Crippen molar-refractivity contribution in [1.29, 1.82) is 0 Å². The van der Waals surface area contributed by atoms with E-state index < -0.39 is 0 Å². The van der Waals surface area contributed by atoms with E-state index in [2.05, 4.69) is 51.7 Å². The predicted octanol–water partition coefficient (Wildman–Crippen LogP) is 5.12. The highest BCUT2D eigenvalue weighted by Gasteiger charge is 2.18. The molecule has 0 unspecified atom stereocenters. The summed E-state index contributed by atoms with van der Waals surface area (Å²) in [4.78, 5) is 19.3. The molecule has 2 aromatic rings. The Bertz CT molecular complexity index is 806. The monoisotopic (exact) mass is 392 g/mol. The molecule has 0 spiro atoms. The second-order valence-electron chi connectivity index (χ2n) is 8.61. The SMILES string of the molecule is CC1CCN(c2ccc(Nc3cncc(C(=O)NC4CCCCC4)c3)cc2)CC1. The molecule has 0 atom stereocenters. The molecule has 1 saturated heterocycles. The van der Waals surface area contributed by atoms with Gasteiger partial charge in [-0.05, 0) is 61.9 Å². The van der Waals surface area contributed by atoms with Gasteiger partial charge in [-0.2, -0.15) is 0 Å². The maximum atomic E-state index is 12.6. The Kier molecular flexibility index (Phi) is 6.33. The van der Waals surface area contributed by atoms with Crippen LogP contribution < -0.4 is 15.5 Å². The number of pyridine rings is 1. The molecule has 4 rings (SSSR count). The third-order valence-electron chi connectivity index (χ3n) is 6.25. The number of hydrogen-bond acceptors (Lipinski definition) is 4. The van der Waals surface area contributed by atoms with Gasteiger partial charge in [-0.25, -0.2) is 0 Å². The first kappa shape index (κ1) is 19.7. The number of benzene rings is 1. The fraction of sp³-hybridized carbons (Fsp3) is 0.500. The number of carbonyl (C=O) groups is 1. The molecular weight excluding hydrogens is 360 g/mol. The van der Waals surface area contributed by atoms with Crippen LogP contribution in [-0.2, 0) is 0 Å². The first-order valence-electron chi connectivity index (χ1n) is 11.1. The number of piperidine rings is 1. The lowest BCUT2D eigenvalue weighted by Gasteiger charge is -2.32. The van der Waals surface area contributed by atoms with Crippen LogP contribution in [0.3, 0.4) is 0 Å². The Morgan fingerprint density at radius 3 is 2.41 bits per heavy atom. The van der Waals surface area contributed by atoms with Crippen molar-refractivity contribution in [2.45, 2.75) is 57.9 Å². The van der Waals surface area contributed by atoms with Crippen molar-refractivity contribution in [2.75, 3.05) is 23.3 Å². The van der Waals surface area contributed by atoms with Crippen molar-refractivity contribution in [2.24, 2.45) is 5.92 Å². The third-order valence-corrected chi connectivity index (χ3v) is 6.25. The van der Waals surface area contributed by atoms with Crippen LogP contribution in [0.15, 0.2) is 42.7 Å². The Morgan fingerprint density at radius 2 is 1.69 bits per heavy atom. The van der Waals surface area contributed by atoms with E-state index in [1.165, 1.54) is 37.8 Å². The smallest absolute Gasteiger partial charge is 0.253 e. The zero-order valence-electron chi connectivity index (χ0n) is 17.4. The minimum absolute atomic E-state index is 0.0253. The summed E-state index contributed by atoms with van der Waals surface area (Å²) in [6.07, 6.45) is 11.8. The Balaban J connectivity index is 1.36. The number of carbonyl (C=O) groups excluding carboxylic acids is 1. The minimum atomic E-state index is -0.0253. The van der Waals surface area contributed by atoms with Crippen LogP contribution in [0, 0.1) is 5.92 Å². The van der Waals surface area contributed by atoms with E-state index in [4.69, 9.17) is 0 Å². The molecule has 0 bridgehead atoms. The molecule has 1 amide bonds. The normalized spacial score (nSPS) is 18.4. The van der Waals surface area contributed by atoms with Gasteiger partial charge in [0.25, 0.3) is 5.91 Å². The number of nitrogens with zero attached hydrogens (tertiary/aromatic N) is 2. The van der Waals surface area contributed by atoms with E-state index >= 15 is 0 Å². The number of anilines is 3. The highest BCUT2D eigenvalue weighted by Crippen LogP contribution is 2.25. The number of aromatic nitrogens is 1. The van der Waals surface area contributed by atoms with Gasteiger partial charge in [0, 0.05) is 36.7 Å². The second kappa shape index (κ2) is 9.29. The first-order valence-corrected chi connectivity index (χ1v) is 11.1. The molecule has 1 aromatic carbocycles. The van der Waals surface area contributed by atoms with Crippen LogP contribution >= 0.6 is 0 Å². The summed E-state index contributed by atoms with van der Waals surface area (Å²) in [7, 11) is 0. The Hall–Kier alpha value is -2.56. The van der Waals surface area contributed by atoms with Gasteiger partial charge in [0.05, 0.1) is 17.4 Å². The largest absolute Gasteiger partial charge is 0.372 e. The molecule has 0 radical (unpaired) electrons. The quantitative estimate of drug-likeness (QED) is 0.741. The molecule has 1 saturated carbocycles. The van der Waals surface area contributed by atoms with Gasteiger partial charge in [0.2, 0.25) is 0 Å². The van der Waals surface area contributed by atoms with E-state index in [0.717, 1.165) is 43.2 Å². The van der Waals surface area contributed by atoms with E-state index in [0.29, 0.717) is 11.6 Å². The van der Waals surface area contributed by atoms with E-state index in [9.17, 15) is 4.79 Å². The predicted molar refractivity (Wildman–Crippen MR) is 119 cm³/mol. The summed E-state index contributed by atoms with van der Waals surface area (Å²) in [6, 6.07) is 10.7. The highest BCUT2D eigenvalue weighted by atomic mass is 16.1. The van der Waals surface area contributed by atoms with Gasteiger partial charge in [-0.15, -0.1) is 0 Å². The van der Waals surface area contributed by atoms with Gasteiger partial charge in [0.15, 0.2) is 0 Å². The van der Waals surface area contributed by atoms with E-state index in [1.807, 2.05) is 6.07 Å². The molecule has 5 nitrogen and oxygen atoms in total. The van der Waals surface area contributed by atoms with Gasteiger partial charge in [-0.3, -0.25) is 9.78 Å². The molecule has 1 aliphatic carbocycles. The van der Waals surface area contributed by atoms with Crippen molar-refractivity contribution in [3.63, 3.8) is 0 Å². The molecule has 29 heavy (non-hydrogen) atoms. The van der Waals surface area contributed by atoms with Crippen molar-refractivity contribution >= 4 is 23.0 Å².